The summed E-state index contributed by atoms with van der Waals surface area (Å²) < 4.78 is 0. The number of hydrogen-bond donors (Lipinski definition) is 1. The highest BCUT2D eigenvalue weighted by Gasteiger charge is 2.32. The first-order chi connectivity index (χ1) is 11.1. The minimum absolute atomic E-state index is 0.160. The second-order valence-electron chi connectivity index (χ2n) is 7.19. The molecule has 0 bridgehead atoms. The van der Waals surface area contributed by atoms with E-state index >= 15 is 0 Å². The Hall–Kier alpha value is -1.06. The SMILES string of the molecule is CC1CCCN(C(C(=O)NC2CCCC2)c2ccc(Cl)cc2)C1. The van der Waals surface area contributed by atoms with Gasteiger partial charge in [0, 0.05) is 17.6 Å². The number of nitrogens with zero attached hydrogens (tertiary/aromatic N) is 1. The molecule has 1 aliphatic heterocycles. The molecule has 2 atom stereocenters. The molecule has 0 spiro atoms. The summed E-state index contributed by atoms with van der Waals surface area (Å²) in [5.41, 5.74) is 1.05. The highest BCUT2D eigenvalue weighted by molar-refractivity contribution is 6.30. The lowest BCUT2D eigenvalue weighted by molar-refractivity contribution is -0.128. The molecule has 1 heterocycles. The second-order valence-corrected chi connectivity index (χ2v) is 7.62. The van der Waals surface area contributed by atoms with Crippen LogP contribution in [0.4, 0.5) is 0 Å². The number of hydrogen-bond acceptors (Lipinski definition) is 2. The Kier molecular flexibility index (Phi) is 5.60. The van der Waals surface area contributed by atoms with Crippen molar-refractivity contribution >= 4 is 17.5 Å². The molecule has 126 valence electrons. The van der Waals surface area contributed by atoms with Crippen molar-refractivity contribution in [3.05, 3.63) is 34.9 Å². The molecule has 2 aliphatic rings. The molecule has 2 fully saturated rings. The fourth-order valence-corrected chi connectivity index (χ4v) is 4.11. The van der Waals surface area contributed by atoms with E-state index in [1.807, 2.05) is 24.3 Å². The molecule has 3 rings (SSSR count). The summed E-state index contributed by atoms with van der Waals surface area (Å²) in [5.74, 6) is 0.811. The Morgan fingerprint density at radius 3 is 2.52 bits per heavy atom. The first kappa shape index (κ1) is 16.8. The first-order valence-electron chi connectivity index (χ1n) is 8.93. The van der Waals surface area contributed by atoms with Gasteiger partial charge < -0.3 is 5.32 Å². The number of piperidine rings is 1. The third-order valence-electron chi connectivity index (χ3n) is 5.19. The molecule has 3 nitrogen and oxygen atoms in total. The minimum Gasteiger partial charge on any atom is -0.352 e. The Balaban J connectivity index is 1.79. The minimum atomic E-state index is -0.185. The van der Waals surface area contributed by atoms with Gasteiger partial charge in [0.15, 0.2) is 0 Å². The average Bonchev–Trinajstić information content (AvgIpc) is 3.02. The smallest absolute Gasteiger partial charge is 0.242 e. The van der Waals surface area contributed by atoms with Gasteiger partial charge in [0.1, 0.15) is 6.04 Å². The third-order valence-corrected chi connectivity index (χ3v) is 5.44. The van der Waals surface area contributed by atoms with Gasteiger partial charge in [-0.2, -0.15) is 0 Å². The van der Waals surface area contributed by atoms with Gasteiger partial charge >= 0.3 is 0 Å². The molecule has 1 saturated heterocycles. The van der Waals surface area contributed by atoms with Crippen LogP contribution in [0.25, 0.3) is 0 Å². The summed E-state index contributed by atoms with van der Waals surface area (Å²) in [4.78, 5) is 15.4. The highest BCUT2D eigenvalue weighted by atomic mass is 35.5. The van der Waals surface area contributed by atoms with Crippen molar-refractivity contribution in [2.45, 2.75) is 57.5 Å². The normalized spacial score (nSPS) is 24.5. The maximum atomic E-state index is 13.0. The van der Waals surface area contributed by atoms with Crippen molar-refractivity contribution in [3.8, 4) is 0 Å². The zero-order valence-corrected chi connectivity index (χ0v) is 14.7. The van der Waals surface area contributed by atoms with E-state index in [0.29, 0.717) is 12.0 Å². The number of halogens is 1. The van der Waals surface area contributed by atoms with Crippen molar-refractivity contribution in [2.75, 3.05) is 13.1 Å². The van der Waals surface area contributed by atoms with Gasteiger partial charge in [0.25, 0.3) is 0 Å². The lowest BCUT2D eigenvalue weighted by Crippen LogP contribution is -2.46. The van der Waals surface area contributed by atoms with E-state index in [4.69, 9.17) is 11.6 Å². The van der Waals surface area contributed by atoms with Crippen molar-refractivity contribution in [1.29, 1.82) is 0 Å². The topological polar surface area (TPSA) is 32.3 Å². The molecule has 0 aromatic heterocycles. The lowest BCUT2D eigenvalue weighted by atomic mass is 9.95. The zero-order valence-electron chi connectivity index (χ0n) is 13.9. The molecule has 1 N–H and O–H groups in total. The monoisotopic (exact) mass is 334 g/mol. The predicted octanol–water partition coefficient (Wildman–Crippen LogP) is 4.17. The molecular weight excluding hydrogens is 308 g/mol. The van der Waals surface area contributed by atoms with Crippen LogP contribution in [0.5, 0.6) is 0 Å². The van der Waals surface area contributed by atoms with Crippen LogP contribution in [0.2, 0.25) is 5.02 Å². The van der Waals surface area contributed by atoms with Crippen molar-refractivity contribution in [1.82, 2.24) is 10.2 Å². The molecule has 1 saturated carbocycles. The average molecular weight is 335 g/mol. The summed E-state index contributed by atoms with van der Waals surface area (Å²) in [5, 5.41) is 4.01. The number of benzene rings is 1. The summed E-state index contributed by atoms with van der Waals surface area (Å²) in [6, 6.07) is 7.96. The van der Waals surface area contributed by atoms with E-state index < -0.39 is 0 Å². The van der Waals surface area contributed by atoms with Crippen LogP contribution in [0.1, 0.15) is 57.1 Å². The number of nitrogens with one attached hydrogen (secondary N) is 1. The van der Waals surface area contributed by atoms with E-state index in [1.54, 1.807) is 0 Å². The quantitative estimate of drug-likeness (QED) is 0.896. The molecule has 1 amide bonds. The number of likely N-dealkylation sites (tertiary alicyclic amines) is 1. The van der Waals surface area contributed by atoms with Gasteiger partial charge in [-0.15, -0.1) is 0 Å². The number of carbonyl (C=O) groups is 1. The van der Waals surface area contributed by atoms with Crippen molar-refractivity contribution < 1.29 is 4.79 Å². The number of rotatable bonds is 4. The Morgan fingerprint density at radius 2 is 1.87 bits per heavy atom. The van der Waals surface area contributed by atoms with Gasteiger partial charge in [-0.1, -0.05) is 43.5 Å². The number of amides is 1. The van der Waals surface area contributed by atoms with Gasteiger partial charge in [-0.25, -0.2) is 0 Å². The Morgan fingerprint density at radius 1 is 1.17 bits per heavy atom. The maximum absolute atomic E-state index is 13.0. The van der Waals surface area contributed by atoms with Crippen molar-refractivity contribution in [3.63, 3.8) is 0 Å². The molecular formula is C19H27ClN2O. The zero-order chi connectivity index (χ0) is 16.2. The fraction of sp³-hybridized carbons (Fsp3) is 0.632. The maximum Gasteiger partial charge on any atom is 0.242 e. The molecule has 0 radical (unpaired) electrons. The Labute approximate surface area is 144 Å². The number of carbonyl (C=O) groups excluding carboxylic acids is 1. The van der Waals surface area contributed by atoms with Crippen LogP contribution in [0.3, 0.4) is 0 Å². The highest BCUT2D eigenvalue weighted by Crippen LogP contribution is 2.29. The van der Waals surface area contributed by atoms with E-state index in [2.05, 4.69) is 17.1 Å². The van der Waals surface area contributed by atoms with E-state index in [1.165, 1.54) is 25.7 Å². The first-order valence-corrected chi connectivity index (χ1v) is 9.31. The molecule has 23 heavy (non-hydrogen) atoms. The summed E-state index contributed by atoms with van der Waals surface area (Å²) >= 11 is 6.03. The van der Waals surface area contributed by atoms with Gasteiger partial charge in [0.2, 0.25) is 5.91 Å². The Bertz CT molecular complexity index is 525. The predicted molar refractivity (Wildman–Crippen MR) is 94.6 cm³/mol. The third kappa shape index (κ3) is 4.27. The van der Waals surface area contributed by atoms with Crippen LogP contribution in [0, 0.1) is 5.92 Å². The van der Waals surface area contributed by atoms with E-state index in [0.717, 1.165) is 36.5 Å². The van der Waals surface area contributed by atoms with Crippen LogP contribution < -0.4 is 5.32 Å². The molecule has 4 heteroatoms. The van der Waals surface area contributed by atoms with E-state index in [-0.39, 0.29) is 11.9 Å². The van der Waals surface area contributed by atoms with Crippen LogP contribution in [-0.4, -0.2) is 29.9 Å². The molecule has 2 unspecified atom stereocenters. The summed E-state index contributed by atoms with van der Waals surface area (Å²) in [6.45, 7) is 4.26. The van der Waals surface area contributed by atoms with Gasteiger partial charge in [-0.3, -0.25) is 9.69 Å². The fourth-order valence-electron chi connectivity index (χ4n) is 3.98. The van der Waals surface area contributed by atoms with E-state index in [9.17, 15) is 4.79 Å². The molecule has 1 aromatic carbocycles. The van der Waals surface area contributed by atoms with Crippen LogP contribution >= 0.6 is 11.6 Å². The lowest BCUT2D eigenvalue weighted by Gasteiger charge is -2.37. The standard InChI is InChI=1S/C19H27ClN2O/c1-14-5-4-12-22(13-14)18(15-8-10-16(20)11-9-15)19(23)21-17-6-2-3-7-17/h8-11,14,17-18H,2-7,12-13H2,1H3,(H,21,23). The summed E-state index contributed by atoms with van der Waals surface area (Å²) in [7, 11) is 0. The molecule has 1 aliphatic carbocycles. The second kappa shape index (κ2) is 7.67. The largest absolute Gasteiger partial charge is 0.352 e. The van der Waals surface area contributed by atoms with Gasteiger partial charge in [0.05, 0.1) is 0 Å². The summed E-state index contributed by atoms with van der Waals surface area (Å²) in [6.07, 6.45) is 7.13. The van der Waals surface area contributed by atoms with Crippen LogP contribution in [-0.2, 0) is 4.79 Å². The molecule has 1 aromatic rings. The van der Waals surface area contributed by atoms with Crippen LogP contribution in [0.15, 0.2) is 24.3 Å². The van der Waals surface area contributed by atoms with Gasteiger partial charge in [-0.05, 0) is 55.8 Å². The van der Waals surface area contributed by atoms with Crippen molar-refractivity contribution in [2.24, 2.45) is 5.92 Å².